The number of oxime groups is 1. The van der Waals surface area contributed by atoms with Crippen molar-refractivity contribution in [2.24, 2.45) is 11.1 Å². The molecule has 0 N–H and O–H groups in total. The number of nitrogens with zero attached hydrogens (tertiary/aromatic N) is 4. The van der Waals surface area contributed by atoms with Gasteiger partial charge in [-0.2, -0.15) is 0 Å². The number of rotatable bonds is 10. The summed E-state index contributed by atoms with van der Waals surface area (Å²) in [6.45, 7) is 7.79. The smallest absolute Gasteiger partial charge is 0.253 e. The van der Waals surface area contributed by atoms with Crippen LogP contribution in [0, 0.1) is 12.8 Å². The molecular formula is C32H41Cl3N4O3. The highest BCUT2D eigenvalue weighted by atomic mass is 35.5. The molecule has 2 unspecified atom stereocenters. The fourth-order valence-electron chi connectivity index (χ4n) is 6.18. The van der Waals surface area contributed by atoms with E-state index in [0.717, 1.165) is 69.4 Å². The third-order valence-corrected chi connectivity index (χ3v) is 9.42. The highest BCUT2D eigenvalue weighted by molar-refractivity contribution is 6.42. The molecule has 2 amide bonds. The molecule has 0 aliphatic carbocycles. The van der Waals surface area contributed by atoms with Crippen molar-refractivity contribution >= 4 is 52.3 Å². The monoisotopic (exact) mass is 634 g/mol. The van der Waals surface area contributed by atoms with Gasteiger partial charge in [0.15, 0.2) is 0 Å². The predicted molar refractivity (Wildman–Crippen MR) is 171 cm³/mol. The van der Waals surface area contributed by atoms with Crippen LogP contribution < -0.4 is 0 Å². The second kappa shape index (κ2) is 14.9. The summed E-state index contributed by atoms with van der Waals surface area (Å²) in [5.41, 5.74) is 3.12. The molecule has 2 atom stereocenters. The zero-order valence-electron chi connectivity index (χ0n) is 24.9. The summed E-state index contributed by atoms with van der Waals surface area (Å²) in [5.74, 6) is 0.140. The maximum Gasteiger partial charge on any atom is 0.253 e. The second-order valence-electron chi connectivity index (χ2n) is 11.6. The molecule has 2 aliphatic rings. The summed E-state index contributed by atoms with van der Waals surface area (Å²) in [4.78, 5) is 37.6. The lowest BCUT2D eigenvalue weighted by molar-refractivity contribution is -0.141. The Morgan fingerprint density at radius 2 is 1.81 bits per heavy atom. The maximum atomic E-state index is 13.4. The quantitative estimate of drug-likeness (QED) is 0.210. The molecule has 2 aliphatic heterocycles. The zero-order chi connectivity index (χ0) is 30.4. The summed E-state index contributed by atoms with van der Waals surface area (Å²) >= 11 is 18.9. The van der Waals surface area contributed by atoms with Crippen LogP contribution >= 0.6 is 34.8 Å². The van der Waals surface area contributed by atoms with Crippen molar-refractivity contribution < 1.29 is 14.4 Å². The SMILES string of the molecule is CO/N=C(\CN(C)C(=O)c1cc(C)cc(Cl)c1)C(CCN1CCC(N2CCCC(C)C2=O)CC1)c1ccc(Cl)c(Cl)c1. The van der Waals surface area contributed by atoms with Crippen LogP contribution in [0.4, 0.5) is 0 Å². The first-order chi connectivity index (χ1) is 20.1. The number of piperidine rings is 2. The number of likely N-dealkylation sites (tertiary alicyclic amines) is 2. The van der Waals surface area contributed by atoms with Crippen LogP contribution in [0.3, 0.4) is 0 Å². The number of benzene rings is 2. The normalized spacial score (nSPS) is 19.6. The first-order valence-electron chi connectivity index (χ1n) is 14.7. The van der Waals surface area contributed by atoms with E-state index in [9.17, 15) is 9.59 Å². The topological polar surface area (TPSA) is 65.5 Å². The van der Waals surface area contributed by atoms with Crippen molar-refractivity contribution in [3.8, 4) is 0 Å². The fraction of sp³-hybridized carbons (Fsp3) is 0.531. The molecule has 0 aromatic heterocycles. The Morgan fingerprint density at radius 1 is 1.07 bits per heavy atom. The van der Waals surface area contributed by atoms with E-state index in [1.165, 1.54) is 7.11 Å². The third-order valence-electron chi connectivity index (χ3n) is 8.46. The minimum absolute atomic E-state index is 0.134. The Balaban J connectivity index is 1.48. The Kier molecular flexibility index (Phi) is 11.6. The molecule has 228 valence electrons. The van der Waals surface area contributed by atoms with Crippen LogP contribution in [-0.2, 0) is 9.63 Å². The van der Waals surface area contributed by atoms with Crippen molar-refractivity contribution in [3.05, 3.63) is 68.2 Å². The third kappa shape index (κ3) is 8.19. The van der Waals surface area contributed by atoms with Gasteiger partial charge in [0.05, 0.1) is 22.3 Å². The largest absolute Gasteiger partial charge is 0.399 e. The van der Waals surface area contributed by atoms with Crippen LogP contribution in [0.2, 0.25) is 15.1 Å². The number of halogens is 3. The molecule has 4 rings (SSSR count). The van der Waals surface area contributed by atoms with Gasteiger partial charge in [0.1, 0.15) is 7.11 Å². The minimum Gasteiger partial charge on any atom is -0.399 e. The van der Waals surface area contributed by atoms with Gasteiger partial charge in [-0.05, 0) is 87.0 Å². The number of hydrogen-bond acceptors (Lipinski definition) is 5. The molecular weight excluding hydrogens is 595 g/mol. The van der Waals surface area contributed by atoms with Crippen LogP contribution in [0.5, 0.6) is 0 Å². The fourth-order valence-corrected chi connectivity index (χ4v) is 6.78. The van der Waals surface area contributed by atoms with Crippen LogP contribution in [0.1, 0.15) is 66.4 Å². The van der Waals surface area contributed by atoms with Gasteiger partial charge < -0.3 is 19.5 Å². The number of amides is 2. The van der Waals surface area contributed by atoms with Crippen molar-refractivity contribution in [1.82, 2.24) is 14.7 Å². The van der Waals surface area contributed by atoms with Gasteiger partial charge in [0, 0.05) is 55.1 Å². The van der Waals surface area contributed by atoms with E-state index in [2.05, 4.69) is 15.0 Å². The van der Waals surface area contributed by atoms with E-state index in [-0.39, 0.29) is 24.3 Å². The standard InChI is InChI=1S/C32H41Cl3N4O3/c1-21-16-24(18-25(33)17-21)32(41)37(3)20-30(36-42-4)27(23-7-8-28(34)29(35)19-23)11-15-38-13-9-26(10-14-38)39-12-5-6-22(2)31(39)40/h7-8,16-19,22,26-27H,5-6,9-15,20H2,1-4H3/b36-30+. The van der Waals surface area contributed by atoms with Gasteiger partial charge in [-0.15, -0.1) is 0 Å². The van der Waals surface area contributed by atoms with E-state index in [1.54, 1.807) is 24.1 Å². The molecule has 2 heterocycles. The van der Waals surface area contributed by atoms with E-state index in [1.807, 2.05) is 38.1 Å². The highest BCUT2D eigenvalue weighted by Crippen LogP contribution is 2.31. The minimum atomic E-state index is -0.154. The summed E-state index contributed by atoms with van der Waals surface area (Å²) in [7, 11) is 3.27. The molecule has 42 heavy (non-hydrogen) atoms. The Morgan fingerprint density at radius 3 is 2.48 bits per heavy atom. The van der Waals surface area contributed by atoms with E-state index in [4.69, 9.17) is 39.6 Å². The molecule has 10 heteroatoms. The molecule has 0 saturated carbocycles. The van der Waals surface area contributed by atoms with Crippen LogP contribution in [0.15, 0.2) is 41.6 Å². The van der Waals surface area contributed by atoms with Gasteiger partial charge >= 0.3 is 0 Å². The lowest BCUT2D eigenvalue weighted by Crippen LogP contribution is -2.51. The van der Waals surface area contributed by atoms with Gasteiger partial charge in [-0.25, -0.2) is 0 Å². The first-order valence-corrected chi connectivity index (χ1v) is 15.8. The average Bonchev–Trinajstić information content (AvgIpc) is 2.96. The van der Waals surface area contributed by atoms with Gasteiger partial charge in [-0.3, -0.25) is 9.59 Å². The van der Waals surface area contributed by atoms with E-state index < -0.39 is 0 Å². The first kappa shape index (κ1) is 32.6. The highest BCUT2D eigenvalue weighted by Gasteiger charge is 2.33. The van der Waals surface area contributed by atoms with Gasteiger partial charge in [0.2, 0.25) is 5.91 Å². The molecule has 2 fully saturated rings. The lowest BCUT2D eigenvalue weighted by atomic mass is 9.89. The summed E-state index contributed by atoms with van der Waals surface area (Å²) in [6, 6.07) is 11.3. The summed E-state index contributed by atoms with van der Waals surface area (Å²) < 4.78 is 0. The predicted octanol–water partition coefficient (Wildman–Crippen LogP) is 6.93. The molecule has 2 aromatic rings. The molecule has 7 nitrogen and oxygen atoms in total. The van der Waals surface area contributed by atoms with Crippen molar-refractivity contribution in [2.75, 3.05) is 46.9 Å². The van der Waals surface area contributed by atoms with Crippen molar-refractivity contribution in [3.63, 3.8) is 0 Å². The zero-order valence-corrected chi connectivity index (χ0v) is 27.2. The molecule has 0 bridgehead atoms. The summed E-state index contributed by atoms with van der Waals surface area (Å²) in [5, 5.41) is 5.89. The molecule has 2 aromatic carbocycles. The van der Waals surface area contributed by atoms with E-state index in [0.29, 0.717) is 38.3 Å². The van der Waals surface area contributed by atoms with Crippen molar-refractivity contribution in [1.29, 1.82) is 0 Å². The number of aryl methyl sites for hydroxylation is 1. The molecule has 0 spiro atoms. The van der Waals surface area contributed by atoms with Gasteiger partial charge in [-0.1, -0.05) is 52.9 Å². The van der Waals surface area contributed by atoms with Crippen LogP contribution in [-0.4, -0.2) is 85.1 Å². The van der Waals surface area contributed by atoms with Crippen molar-refractivity contribution in [2.45, 2.75) is 57.9 Å². The van der Waals surface area contributed by atoms with Crippen LogP contribution in [0.25, 0.3) is 0 Å². The maximum absolute atomic E-state index is 13.4. The van der Waals surface area contributed by atoms with E-state index >= 15 is 0 Å². The molecule has 0 radical (unpaired) electrons. The number of hydrogen-bond donors (Lipinski definition) is 0. The molecule has 2 saturated heterocycles. The van der Waals surface area contributed by atoms with Gasteiger partial charge in [0.25, 0.3) is 5.91 Å². The Labute approximate surface area is 264 Å². The lowest BCUT2D eigenvalue weighted by Gasteiger charge is -2.42. The second-order valence-corrected chi connectivity index (χ2v) is 12.9. The average molecular weight is 636 g/mol. The Hall–Kier alpha value is -2.32. The number of carbonyl (C=O) groups excluding carboxylic acids is 2. The summed E-state index contributed by atoms with van der Waals surface area (Å²) in [6.07, 6.45) is 4.79. The Bertz CT molecular complexity index is 1280. The number of carbonyl (C=O) groups is 2.